The Balaban J connectivity index is 1.45. The molecule has 0 saturated heterocycles. The van der Waals surface area contributed by atoms with E-state index in [-0.39, 0.29) is 17.2 Å². The van der Waals surface area contributed by atoms with E-state index in [9.17, 15) is 4.79 Å². The highest BCUT2D eigenvalue weighted by Gasteiger charge is 2.23. The van der Waals surface area contributed by atoms with Gasteiger partial charge in [-0.15, -0.1) is 10.2 Å². The van der Waals surface area contributed by atoms with Crippen LogP contribution >= 0.6 is 11.8 Å². The van der Waals surface area contributed by atoms with Crippen molar-refractivity contribution in [3.63, 3.8) is 0 Å². The second-order valence-electron chi connectivity index (χ2n) is 8.41. The van der Waals surface area contributed by atoms with Gasteiger partial charge in [-0.1, -0.05) is 72.4 Å². The van der Waals surface area contributed by atoms with Crippen LogP contribution in [-0.2, 0) is 4.79 Å². The third-order valence-electron chi connectivity index (χ3n) is 6.08. The van der Waals surface area contributed by atoms with E-state index in [4.69, 9.17) is 4.74 Å². The summed E-state index contributed by atoms with van der Waals surface area (Å²) in [7, 11) is 1.65. The molecule has 0 aliphatic rings. The van der Waals surface area contributed by atoms with Crippen molar-refractivity contribution >= 4 is 34.2 Å². The molecule has 1 atom stereocenters. The van der Waals surface area contributed by atoms with Gasteiger partial charge in [-0.05, 0) is 48.7 Å². The fraction of sp³-hybridized carbons (Fsp3) is 0.179. The highest BCUT2D eigenvalue weighted by Crippen LogP contribution is 2.31. The van der Waals surface area contributed by atoms with Crippen LogP contribution in [0.4, 0.5) is 0 Å². The molecule has 0 aliphatic carbocycles. The van der Waals surface area contributed by atoms with Crippen LogP contribution in [-0.4, -0.2) is 32.9 Å². The molecule has 0 fully saturated rings. The van der Waals surface area contributed by atoms with Gasteiger partial charge in [0.2, 0.25) is 5.91 Å². The lowest BCUT2D eigenvalue weighted by molar-refractivity contribution is -0.120. The Kier molecular flexibility index (Phi) is 6.42. The summed E-state index contributed by atoms with van der Waals surface area (Å²) in [6, 6.07) is 27.8. The molecule has 0 spiro atoms. The zero-order chi connectivity index (χ0) is 24.4. The Bertz CT molecular complexity index is 1450. The zero-order valence-corrected chi connectivity index (χ0v) is 20.6. The van der Waals surface area contributed by atoms with Crippen molar-refractivity contribution in [3.05, 3.63) is 102 Å². The van der Waals surface area contributed by atoms with Gasteiger partial charge in [0.05, 0.1) is 23.9 Å². The van der Waals surface area contributed by atoms with Gasteiger partial charge in [0.15, 0.2) is 10.8 Å². The van der Waals surface area contributed by atoms with Gasteiger partial charge < -0.3 is 10.1 Å². The lowest BCUT2D eigenvalue weighted by atomic mass is 9.98. The average Bonchev–Trinajstić information content (AvgIpc) is 3.30. The van der Waals surface area contributed by atoms with Gasteiger partial charge in [0, 0.05) is 11.5 Å². The van der Waals surface area contributed by atoms with E-state index < -0.39 is 0 Å². The molecule has 6 nitrogen and oxygen atoms in total. The molecule has 0 aliphatic heterocycles. The normalized spacial score (nSPS) is 12.2. The van der Waals surface area contributed by atoms with Gasteiger partial charge in [-0.3, -0.25) is 9.20 Å². The SMILES string of the molecule is COc1ccc2c(C)cc3nnc(SC(C)C(=O)NC(c4ccccc4)c4ccccc4)n3c2c1. The first-order valence-corrected chi connectivity index (χ1v) is 12.3. The van der Waals surface area contributed by atoms with Crippen LogP contribution in [0.2, 0.25) is 0 Å². The standard InChI is InChI=1S/C28H26N4O2S/c1-18-16-25-30-31-28(32(25)24-17-22(34-3)14-15-23(18)24)35-19(2)27(33)29-26(20-10-6-4-7-11-20)21-12-8-5-9-13-21/h4-17,19,26H,1-3H3,(H,29,33). The fourth-order valence-electron chi connectivity index (χ4n) is 4.23. The quantitative estimate of drug-likeness (QED) is 0.307. The molecule has 2 aromatic heterocycles. The van der Waals surface area contributed by atoms with Crippen LogP contribution < -0.4 is 10.1 Å². The van der Waals surface area contributed by atoms with E-state index in [0.29, 0.717) is 5.16 Å². The number of carbonyl (C=O) groups excluding carboxylic acids is 1. The summed E-state index contributed by atoms with van der Waals surface area (Å²) in [4.78, 5) is 13.4. The van der Waals surface area contributed by atoms with Crippen LogP contribution in [0.15, 0.2) is 90.1 Å². The fourth-order valence-corrected chi connectivity index (χ4v) is 5.10. The van der Waals surface area contributed by atoms with Crippen molar-refractivity contribution in [1.82, 2.24) is 19.9 Å². The summed E-state index contributed by atoms with van der Waals surface area (Å²) in [5.74, 6) is 0.687. The number of aryl methyl sites for hydroxylation is 1. The first-order valence-electron chi connectivity index (χ1n) is 11.4. The molecule has 5 aromatic rings. The maximum Gasteiger partial charge on any atom is 0.234 e. The molecule has 1 unspecified atom stereocenters. The van der Waals surface area contributed by atoms with Crippen LogP contribution in [0.3, 0.4) is 0 Å². The minimum atomic E-state index is -0.390. The third kappa shape index (κ3) is 4.59. The van der Waals surface area contributed by atoms with Crippen LogP contribution in [0, 0.1) is 6.92 Å². The number of hydrogen-bond donors (Lipinski definition) is 1. The molecule has 1 amide bonds. The number of thioether (sulfide) groups is 1. The van der Waals surface area contributed by atoms with Crippen molar-refractivity contribution in [1.29, 1.82) is 0 Å². The topological polar surface area (TPSA) is 68.5 Å². The number of aromatic nitrogens is 3. The number of methoxy groups -OCH3 is 1. The molecule has 35 heavy (non-hydrogen) atoms. The highest BCUT2D eigenvalue weighted by molar-refractivity contribution is 8.00. The smallest absolute Gasteiger partial charge is 0.234 e. The zero-order valence-electron chi connectivity index (χ0n) is 19.8. The number of rotatable bonds is 7. The third-order valence-corrected chi connectivity index (χ3v) is 7.12. The second-order valence-corrected chi connectivity index (χ2v) is 9.72. The van der Waals surface area contributed by atoms with Gasteiger partial charge in [0.25, 0.3) is 0 Å². The number of ether oxygens (including phenoxy) is 1. The number of pyridine rings is 1. The van der Waals surface area contributed by atoms with Crippen molar-refractivity contribution < 1.29 is 9.53 Å². The number of hydrogen-bond acceptors (Lipinski definition) is 5. The minimum absolute atomic E-state index is 0.0709. The number of nitrogens with one attached hydrogen (secondary N) is 1. The molecular formula is C28H26N4O2S. The highest BCUT2D eigenvalue weighted by atomic mass is 32.2. The Hall–Kier alpha value is -3.84. The molecule has 0 bridgehead atoms. The summed E-state index contributed by atoms with van der Waals surface area (Å²) in [5.41, 5.74) is 4.87. The van der Waals surface area contributed by atoms with E-state index in [2.05, 4.69) is 22.4 Å². The Labute approximate surface area is 208 Å². The first-order chi connectivity index (χ1) is 17.0. The Morgan fingerprint density at radius 3 is 2.23 bits per heavy atom. The molecule has 1 N–H and O–H groups in total. The lowest BCUT2D eigenvalue weighted by Gasteiger charge is -2.22. The first kappa shape index (κ1) is 22.9. The predicted molar refractivity (Wildman–Crippen MR) is 140 cm³/mol. The lowest BCUT2D eigenvalue weighted by Crippen LogP contribution is -2.35. The second kappa shape index (κ2) is 9.80. The van der Waals surface area contributed by atoms with E-state index in [1.165, 1.54) is 11.8 Å². The molecule has 5 rings (SSSR count). The van der Waals surface area contributed by atoms with E-state index >= 15 is 0 Å². The predicted octanol–water partition coefficient (Wildman–Crippen LogP) is 5.59. The largest absolute Gasteiger partial charge is 0.497 e. The van der Waals surface area contributed by atoms with Crippen LogP contribution in [0.25, 0.3) is 16.6 Å². The molecule has 2 heterocycles. The van der Waals surface area contributed by atoms with Gasteiger partial charge in [-0.25, -0.2) is 0 Å². The molecule has 7 heteroatoms. The van der Waals surface area contributed by atoms with E-state index in [0.717, 1.165) is 39.0 Å². The maximum atomic E-state index is 13.4. The molecule has 3 aromatic carbocycles. The summed E-state index contributed by atoms with van der Waals surface area (Å²) in [6.45, 7) is 3.95. The number of benzene rings is 3. The van der Waals surface area contributed by atoms with E-state index in [1.807, 2.05) is 96.3 Å². The average molecular weight is 483 g/mol. The Morgan fingerprint density at radius 2 is 1.60 bits per heavy atom. The molecule has 0 saturated carbocycles. The monoisotopic (exact) mass is 482 g/mol. The summed E-state index contributed by atoms with van der Waals surface area (Å²) in [6.07, 6.45) is 0. The van der Waals surface area contributed by atoms with Crippen molar-refractivity contribution in [3.8, 4) is 5.75 Å². The number of nitrogens with zero attached hydrogens (tertiary/aromatic N) is 3. The number of fused-ring (bicyclic) bond motifs is 3. The van der Waals surface area contributed by atoms with Gasteiger partial charge in [-0.2, -0.15) is 0 Å². The molecule has 176 valence electrons. The van der Waals surface area contributed by atoms with E-state index in [1.54, 1.807) is 7.11 Å². The number of carbonyl (C=O) groups is 1. The molecule has 0 radical (unpaired) electrons. The van der Waals surface area contributed by atoms with Gasteiger partial charge in [0.1, 0.15) is 5.75 Å². The minimum Gasteiger partial charge on any atom is -0.497 e. The summed E-state index contributed by atoms with van der Waals surface area (Å²) < 4.78 is 7.44. The maximum absolute atomic E-state index is 13.4. The summed E-state index contributed by atoms with van der Waals surface area (Å²) in [5, 5.41) is 13.4. The van der Waals surface area contributed by atoms with Crippen molar-refractivity contribution in [2.75, 3.05) is 7.11 Å². The number of amides is 1. The van der Waals surface area contributed by atoms with Crippen LogP contribution in [0.5, 0.6) is 5.75 Å². The molecular weight excluding hydrogens is 456 g/mol. The van der Waals surface area contributed by atoms with Crippen molar-refractivity contribution in [2.24, 2.45) is 0 Å². The summed E-state index contributed by atoms with van der Waals surface area (Å²) >= 11 is 1.39. The van der Waals surface area contributed by atoms with Crippen LogP contribution in [0.1, 0.15) is 29.7 Å². The van der Waals surface area contributed by atoms with Crippen molar-refractivity contribution in [2.45, 2.75) is 30.3 Å². The Morgan fingerprint density at radius 1 is 0.943 bits per heavy atom. The van der Waals surface area contributed by atoms with Gasteiger partial charge >= 0.3 is 0 Å².